The largest absolute Gasteiger partial charge is 0.348 e. The summed E-state index contributed by atoms with van der Waals surface area (Å²) in [5.74, 6) is -0.0291. The normalized spacial score (nSPS) is 12.2. The molecule has 0 unspecified atom stereocenters. The number of aromatic nitrogens is 3. The summed E-state index contributed by atoms with van der Waals surface area (Å²) in [6, 6.07) is 3.88. The van der Waals surface area contributed by atoms with Crippen molar-refractivity contribution in [2.45, 2.75) is 40.3 Å². The van der Waals surface area contributed by atoms with Gasteiger partial charge in [-0.1, -0.05) is 6.07 Å². The molecule has 2 aromatic heterocycles. The molecule has 5 heteroatoms. The lowest BCUT2D eigenvalue weighted by atomic mass is 10.1. The Bertz CT molecular complexity index is 601. The molecule has 0 spiro atoms. The Morgan fingerprint density at radius 3 is 2.60 bits per heavy atom. The van der Waals surface area contributed by atoms with Gasteiger partial charge in [-0.2, -0.15) is 0 Å². The maximum atomic E-state index is 12.0. The fourth-order valence-corrected chi connectivity index (χ4v) is 1.96. The highest BCUT2D eigenvalue weighted by molar-refractivity contribution is 5.76. The van der Waals surface area contributed by atoms with Crippen molar-refractivity contribution in [3.05, 3.63) is 47.3 Å². The van der Waals surface area contributed by atoms with E-state index in [9.17, 15) is 4.79 Å². The van der Waals surface area contributed by atoms with Crippen molar-refractivity contribution in [3.8, 4) is 0 Å². The fourth-order valence-electron chi connectivity index (χ4n) is 1.96. The molecule has 0 radical (unpaired) electrons. The van der Waals surface area contributed by atoms with Crippen molar-refractivity contribution in [2.24, 2.45) is 0 Å². The van der Waals surface area contributed by atoms with Crippen LogP contribution in [-0.4, -0.2) is 20.4 Å². The first-order chi connectivity index (χ1) is 9.47. The number of nitrogens with zero attached hydrogens (tertiary/aromatic N) is 3. The Labute approximate surface area is 119 Å². The van der Waals surface area contributed by atoms with Gasteiger partial charge in [-0.15, -0.1) is 0 Å². The van der Waals surface area contributed by atoms with Gasteiger partial charge in [-0.3, -0.25) is 9.78 Å². The second-order valence-electron chi connectivity index (χ2n) is 5.07. The third kappa shape index (κ3) is 3.23. The van der Waals surface area contributed by atoms with E-state index in [1.54, 1.807) is 12.5 Å². The van der Waals surface area contributed by atoms with E-state index in [1.165, 1.54) is 0 Å². The van der Waals surface area contributed by atoms with Crippen LogP contribution < -0.4 is 5.32 Å². The van der Waals surface area contributed by atoms with Crippen LogP contribution in [0, 0.1) is 20.8 Å². The lowest BCUT2D eigenvalue weighted by molar-refractivity contribution is -0.122. The predicted molar refractivity (Wildman–Crippen MR) is 77.2 cm³/mol. The first-order valence-electron chi connectivity index (χ1n) is 6.67. The first kappa shape index (κ1) is 14.2. The Kier molecular flexibility index (Phi) is 4.17. The highest BCUT2D eigenvalue weighted by Gasteiger charge is 2.11. The van der Waals surface area contributed by atoms with Gasteiger partial charge in [0.15, 0.2) is 0 Å². The van der Waals surface area contributed by atoms with Gasteiger partial charge in [0.1, 0.15) is 6.54 Å². The van der Waals surface area contributed by atoms with E-state index < -0.39 is 0 Å². The summed E-state index contributed by atoms with van der Waals surface area (Å²) >= 11 is 0. The van der Waals surface area contributed by atoms with E-state index in [0.717, 1.165) is 22.6 Å². The molecule has 2 aromatic rings. The molecule has 2 rings (SSSR count). The fraction of sp³-hybridized carbons (Fsp3) is 0.400. The molecule has 0 saturated heterocycles. The lowest BCUT2D eigenvalue weighted by Crippen LogP contribution is -2.30. The van der Waals surface area contributed by atoms with Gasteiger partial charge in [-0.05, 0) is 39.3 Å². The Balaban J connectivity index is 1.97. The summed E-state index contributed by atoms with van der Waals surface area (Å²) in [5, 5.41) is 2.97. The molecule has 0 aromatic carbocycles. The van der Waals surface area contributed by atoms with Crippen molar-refractivity contribution in [2.75, 3.05) is 0 Å². The number of carbonyl (C=O) groups is 1. The van der Waals surface area contributed by atoms with Crippen molar-refractivity contribution in [3.63, 3.8) is 0 Å². The minimum absolute atomic E-state index is 0.0291. The average molecular weight is 272 g/mol. The molecule has 0 aliphatic carbocycles. The molecular weight excluding hydrogens is 252 g/mol. The van der Waals surface area contributed by atoms with E-state index in [1.807, 2.05) is 44.4 Å². The van der Waals surface area contributed by atoms with E-state index in [-0.39, 0.29) is 18.5 Å². The zero-order valence-corrected chi connectivity index (χ0v) is 12.3. The van der Waals surface area contributed by atoms with Crippen molar-refractivity contribution >= 4 is 5.91 Å². The predicted octanol–water partition coefficient (Wildman–Crippen LogP) is 2.08. The van der Waals surface area contributed by atoms with Crippen LogP contribution in [0.3, 0.4) is 0 Å². The molecule has 1 N–H and O–H groups in total. The van der Waals surface area contributed by atoms with Gasteiger partial charge in [0.25, 0.3) is 0 Å². The number of hydrogen-bond donors (Lipinski definition) is 1. The van der Waals surface area contributed by atoms with Crippen molar-refractivity contribution in [1.82, 2.24) is 19.9 Å². The first-order valence-corrected chi connectivity index (χ1v) is 6.67. The van der Waals surface area contributed by atoms with E-state index in [4.69, 9.17) is 0 Å². The SMILES string of the molecule is Cc1ccc([C@@H](C)NC(=O)Cn2cnc(C)c2C)cn1. The van der Waals surface area contributed by atoms with Crippen LogP contribution in [0.25, 0.3) is 0 Å². The minimum atomic E-state index is -0.0551. The molecule has 0 bridgehead atoms. The quantitative estimate of drug-likeness (QED) is 0.927. The molecule has 1 atom stereocenters. The molecule has 0 saturated carbocycles. The number of amides is 1. The zero-order valence-electron chi connectivity index (χ0n) is 12.3. The summed E-state index contributed by atoms with van der Waals surface area (Å²) in [7, 11) is 0. The molecule has 0 aliphatic heterocycles. The summed E-state index contributed by atoms with van der Waals surface area (Å²) < 4.78 is 1.85. The number of carbonyl (C=O) groups excluding carboxylic acids is 1. The standard InChI is InChI=1S/C15H20N4O/c1-10-5-6-14(7-16-10)12(3)18-15(20)8-19-9-17-11(2)13(19)4/h5-7,9,12H,8H2,1-4H3,(H,18,20)/t12-/m1/s1. The number of rotatable bonds is 4. The van der Waals surface area contributed by atoms with Crippen LogP contribution in [0.1, 0.15) is 35.6 Å². The Morgan fingerprint density at radius 2 is 2.05 bits per heavy atom. The van der Waals surface area contributed by atoms with Gasteiger partial charge in [0.2, 0.25) is 5.91 Å². The zero-order chi connectivity index (χ0) is 14.7. The van der Waals surface area contributed by atoms with Gasteiger partial charge < -0.3 is 9.88 Å². The number of aryl methyl sites for hydroxylation is 2. The number of pyridine rings is 1. The number of imidazole rings is 1. The minimum Gasteiger partial charge on any atom is -0.348 e. The Hall–Kier alpha value is -2.17. The lowest BCUT2D eigenvalue weighted by Gasteiger charge is -2.15. The van der Waals surface area contributed by atoms with Crippen LogP contribution >= 0.6 is 0 Å². The molecule has 2 heterocycles. The second-order valence-corrected chi connectivity index (χ2v) is 5.07. The van der Waals surface area contributed by atoms with E-state index in [2.05, 4.69) is 15.3 Å². The second kappa shape index (κ2) is 5.86. The van der Waals surface area contributed by atoms with Crippen LogP contribution in [0.4, 0.5) is 0 Å². The number of nitrogens with one attached hydrogen (secondary N) is 1. The van der Waals surface area contributed by atoms with Crippen molar-refractivity contribution < 1.29 is 4.79 Å². The summed E-state index contributed by atoms with van der Waals surface area (Å²) in [4.78, 5) is 20.5. The van der Waals surface area contributed by atoms with Gasteiger partial charge in [0, 0.05) is 17.6 Å². The molecule has 0 fully saturated rings. The maximum absolute atomic E-state index is 12.0. The monoisotopic (exact) mass is 272 g/mol. The van der Waals surface area contributed by atoms with Crippen LogP contribution in [0.15, 0.2) is 24.7 Å². The molecule has 0 aliphatic rings. The summed E-state index contributed by atoms with van der Waals surface area (Å²) in [6.45, 7) is 8.08. The topological polar surface area (TPSA) is 59.8 Å². The third-order valence-electron chi connectivity index (χ3n) is 3.47. The van der Waals surface area contributed by atoms with Gasteiger partial charge in [-0.25, -0.2) is 4.98 Å². The maximum Gasteiger partial charge on any atom is 0.240 e. The molecule has 5 nitrogen and oxygen atoms in total. The highest BCUT2D eigenvalue weighted by atomic mass is 16.2. The van der Waals surface area contributed by atoms with E-state index in [0.29, 0.717) is 0 Å². The van der Waals surface area contributed by atoms with E-state index >= 15 is 0 Å². The summed E-state index contributed by atoms with van der Waals surface area (Å²) in [5.41, 5.74) is 3.94. The number of hydrogen-bond acceptors (Lipinski definition) is 3. The third-order valence-corrected chi connectivity index (χ3v) is 3.47. The van der Waals surface area contributed by atoms with Crippen LogP contribution in [0.5, 0.6) is 0 Å². The highest BCUT2D eigenvalue weighted by Crippen LogP contribution is 2.11. The van der Waals surface area contributed by atoms with Crippen LogP contribution in [0.2, 0.25) is 0 Å². The summed E-state index contributed by atoms with van der Waals surface area (Å²) in [6.07, 6.45) is 3.50. The molecular formula is C15H20N4O. The van der Waals surface area contributed by atoms with Crippen LogP contribution in [-0.2, 0) is 11.3 Å². The van der Waals surface area contributed by atoms with Crippen molar-refractivity contribution in [1.29, 1.82) is 0 Å². The van der Waals surface area contributed by atoms with Gasteiger partial charge in [0.05, 0.1) is 18.1 Å². The Morgan fingerprint density at radius 1 is 1.30 bits per heavy atom. The molecule has 1 amide bonds. The average Bonchev–Trinajstić information content (AvgIpc) is 2.71. The van der Waals surface area contributed by atoms with Gasteiger partial charge >= 0.3 is 0 Å². The molecule has 106 valence electrons. The molecule has 20 heavy (non-hydrogen) atoms. The smallest absolute Gasteiger partial charge is 0.240 e.